The fourth-order valence-corrected chi connectivity index (χ4v) is 3.09. The molecule has 0 bridgehead atoms. The standard InChI is InChI=1S/C13H21NO4S/c1-11-10-12(14)4-5-13(11)19(15,16)9-8-18-7-3-6-17-2/h4-5,10H,3,6-9,14H2,1-2H3. The fraction of sp³-hybridized carbons (Fsp3) is 0.538. The van der Waals surface area contributed by atoms with Crippen molar-refractivity contribution in [2.75, 3.05) is 38.4 Å². The normalized spacial score (nSPS) is 11.7. The molecule has 5 nitrogen and oxygen atoms in total. The van der Waals surface area contributed by atoms with Crippen molar-refractivity contribution in [1.82, 2.24) is 0 Å². The summed E-state index contributed by atoms with van der Waals surface area (Å²) >= 11 is 0. The van der Waals surface area contributed by atoms with Crippen molar-refractivity contribution in [3.05, 3.63) is 23.8 Å². The van der Waals surface area contributed by atoms with Gasteiger partial charge in [0.05, 0.1) is 17.3 Å². The number of nitrogens with two attached hydrogens (primary N) is 1. The first-order chi connectivity index (χ1) is 8.97. The molecule has 1 aromatic carbocycles. The first-order valence-electron chi connectivity index (χ1n) is 6.13. The van der Waals surface area contributed by atoms with Crippen LogP contribution in [0.5, 0.6) is 0 Å². The number of benzene rings is 1. The molecule has 0 saturated heterocycles. The summed E-state index contributed by atoms with van der Waals surface area (Å²) in [7, 11) is -1.69. The second-order valence-corrected chi connectivity index (χ2v) is 6.38. The zero-order chi connectivity index (χ0) is 14.3. The van der Waals surface area contributed by atoms with Gasteiger partial charge in [-0.25, -0.2) is 8.42 Å². The highest BCUT2D eigenvalue weighted by molar-refractivity contribution is 7.91. The molecular formula is C13H21NO4S. The van der Waals surface area contributed by atoms with Crippen molar-refractivity contribution in [3.8, 4) is 0 Å². The maximum absolute atomic E-state index is 12.1. The van der Waals surface area contributed by atoms with Crippen molar-refractivity contribution in [1.29, 1.82) is 0 Å². The molecule has 19 heavy (non-hydrogen) atoms. The molecule has 0 saturated carbocycles. The molecule has 0 aliphatic heterocycles. The Labute approximate surface area is 114 Å². The average Bonchev–Trinajstić information content (AvgIpc) is 2.33. The monoisotopic (exact) mass is 287 g/mol. The highest BCUT2D eigenvalue weighted by atomic mass is 32.2. The van der Waals surface area contributed by atoms with Gasteiger partial charge in [0.2, 0.25) is 0 Å². The lowest BCUT2D eigenvalue weighted by molar-refractivity contribution is 0.112. The van der Waals surface area contributed by atoms with Crippen LogP contribution in [-0.2, 0) is 19.3 Å². The van der Waals surface area contributed by atoms with Crippen LogP contribution in [0.3, 0.4) is 0 Å². The Morgan fingerprint density at radius 1 is 1.21 bits per heavy atom. The largest absolute Gasteiger partial charge is 0.399 e. The van der Waals surface area contributed by atoms with E-state index in [4.69, 9.17) is 15.2 Å². The van der Waals surface area contributed by atoms with Gasteiger partial charge in [0, 0.05) is 26.0 Å². The molecule has 0 heterocycles. The van der Waals surface area contributed by atoms with E-state index in [0.29, 0.717) is 29.4 Å². The molecule has 0 unspecified atom stereocenters. The SMILES string of the molecule is COCCCOCCS(=O)(=O)c1ccc(N)cc1C. The average molecular weight is 287 g/mol. The topological polar surface area (TPSA) is 78.6 Å². The first kappa shape index (κ1) is 15.9. The summed E-state index contributed by atoms with van der Waals surface area (Å²) in [5, 5.41) is 0. The van der Waals surface area contributed by atoms with E-state index < -0.39 is 9.84 Å². The van der Waals surface area contributed by atoms with Crippen molar-refractivity contribution >= 4 is 15.5 Å². The number of anilines is 1. The van der Waals surface area contributed by atoms with Crippen LogP contribution in [0.4, 0.5) is 5.69 Å². The van der Waals surface area contributed by atoms with Gasteiger partial charge in [-0.2, -0.15) is 0 Å². The molecule has 1 rings (SSSR count). The van der Waals surface area contributed by atoms with E-state index in [1.165, 1.54) is 0 Å². The molecule has 2 N–H and O–H groups in total. The van der Waals surface area contributed by atoms with Gasteiger partial charge in [0.25, 0.3) is 0 Å². The van der Waals surface area contributed by atoms with Crippen molar-refractivity contribution in [2.24, 2.45) is 0 Å². The number of hydrogen-bond acceptors (Lipinski definition) is 5. The van der Waals surface area contributed by atoms with Crippen molar-refractivity contribution in [3.63, 3.8) is 0 Å². The van der Waals surface area contributed by atoms with Crippen LogP contribution in [0.1, 0.15) is 12.0 Å². The minimum absolute atomic E-state index is 0.0231. The van der Waals surface area contributed by atoms with E-state index >= 15 is 0 Å². The minimum atomic E-state index is -3.31. The van der Waals surface area contributed by atoms with E-state index in [2.05, 4.69) is 0 Å². The molecular weight excluding hydrogens is 266 g/mol. The Morgan fingerprint density at radius 3 is 2.58 bits per heavy atom. The van der Waals surface area contributed by atoms with Crippen LogP contribution in [0.25, 0.3) is 0 Å². The molecule has 0 radical (unpaired) electrons. The van der Waals surface area contributed by atoms with E-state index in [1.54, 1.807) is 32.2 Å². The third-order valence-corrected chi connectivity index (χ3v) is 4.50. The van der Waals surface area contributed by atoms with E-state index in [0.717, 1.165) is 6.42 Å². The van der Waals surface area contributed by atoms with Crippen LogP contribution in [-0.4, -0.2) is 41.1 Å². The van der Waals surface area contributed by atoms with Crippen molar-refractivity contribution < 1.29 is 17.9 Å². The summed E-state index contributed by atoms with van der Waals surface area (Å²) in [6.45, 7) is 3.05. The molecule has 0 aliphatic carbocycles. The molecule has 6 heteroatoms. The Morgan fingerprint density at radius 2 is 1.95 bits per heavy atom. The Balaban J connectivity index is 2.52. The molecule has 0 amide bonds. The van der Waals surface area contributed by atoms with Gasteiger partial charge in [-0.3, -0.25) is 0 Å². The predicted octanol–water partition coefficient (Wildman–Crippen LogP) is 1.40. The summed E-state index contributed by atoms with van der Waals surface area (Å²) < 4.78 is 34.4. The highest BCUT2D eigenvalue weighted by Gasteiger charge is 2.16. The van der Waals surface area contributed by atoms with Crippen molar-refractivity contribution in [2.45, 2.75) is 18.2 Å². The van der Waals surface area contributed by atoms with E-state index in [-0.39, 0.29) is 12.4 Å². The van der Waals surface area contributed by atoms with Gasteiger partial charge in [-0.05, 0) is 37.1 Å². The number of ether oxygens (including phenoxy) is 2. The number of sulfone groups is 1. The first-order valence-corrected chi connectivity index (χ1v) is 7.78. The smallest absolute Gasteiger partial charge is 0.180 e. The Bertz CT molecular complexity index is 499. The maximum Gasteiger partial charge on any atom is 0.180 e. The van der Waals surface area contributed by atoms with Gasteiger partial charge in [0.1, 0.15) is 0 Å². The van der Waals surface area contributed by atoms with Gasteiger partial charge < -0.3 is 15.2 Å². The lowest BCUT2D eigenvalue weighted by Crippen LogP contribution is -2.14. The molecule has 108 valence electrons. The van der Waals surface area contributed by atoms with Gasteiger partial charge in [-0.15, -0.1) is 0 Å². The fourth-order valence-electron chi connectivity index (χ4n) is 1.71. The number of rotatable bonds is 8. The van der Waals surface area contributed by atoms with Gasteiger partial charge in [0.15, 0.2) is 9.84 Å². The number of aryl methyl sites for hydroxylation is 1. The third kappa shape index (κ3) is 5.18. The lowest BCUT2D eigenvalue weighted by atomic mass is 10.2. The molecule has 0 aliphatic rings. The van der Waals surface area contributed by atoms with E-state index in [1.807, 2.05) is 0 Å². The Kier molecular flexibility index (Phi) is 6.27. The second-order valence-electron chi connectivity index (χ2n) is 4.30. The minimum Gasteiger partial charge on any atom is -0.399 e. The molecule has 0 atom stereocenters. The number of nitrogen functional groups attached to an aromatic ring is 1. The molecule has 0 fully saturated rings. The second kappa shape index (κ2) is 7.47. The number of hydrogen-bond donors (Lipinski definition) is 1. The van der Waals surface area contributed by atoms with Crippen LogP contribution < -0.4 is 5.73 Å². The summed E-state index contributed by atoms with van der Waals surface area (Å²) in [5.74, 6) is -0.0231. The summed E-state index contributed by atoms with van der Waals surface area (Å²) in [6.07, 6.45) is 0.761. The quantitative estimate of drug-likeness (QED) is 0.577. The zero-order valence-electron chi connectivity index (χ0n) is 11.4. The summed E-state index contributed by atoms with van der Waals surface area (Å²) in [5.41, 5.74) is 6.84. The molecule has 0 aromatic heterocycles. The highest BCUT2D eigenvalue weighted by Crippen LogP contribution is 2.19. The zero-order valence-corrected chi connectivity index (χ0v) is 12.2. The maximum atomic E-state index is 12.1. The van der Waals surface area contributed by atoms with Crippen LogP contribution in [0.2, 0.25) is 0 Å². The van der Waals surface area contributed by atoms with Crippen LogP contribution in [0.15, 0.2) is 23.1 Å². The van der Waals surface area contributed by atoms with Gasteiger partial charge >= 0.3 is 0 Å². The summed E-state index contributed by atoms with van der Waals surface area (Å²) in [6, 6.07) is 4.80. The van der Waals surface area contributed by atoms with Crippen LogP contribution in [0, 0.1) is 6.92 Å². The predicted molar refractivity (Wildman–Crippen MR) is 75.0 cm³/mol. The van der Waals surface area contributed by atoms with E-state index in [9.17, 15) is 8.42 Å². The van der Waals surface area contributed by atoms with Crippen LogP contribution >= 0.6 is 0 Å². The number of methoxy groups -OCH3 is 1. The lowest BCUT2D eigenvalue weighted by Gasteiger charge is -2.09. The Hall–Kier alpha value is -1.11. The third-order valence-electron chi connectivity index (χ3n) is 2.67. The molecule has 1 aromatic rings. The summed E-state index contributed by atoms with van der Waals surface area (Å²) in [4.78, 5) is 0.321. The molecule has 0 spiro atoms. The van der Waals surface area contributed by atoms with Gasteiger partial charge in [-0.1, -0.05) is 0 Å².